The van der Waals surface area contributed by atoms with E-state index in [9.17, 15) is 19.8 Å². The Morgan fingerprint density at radius 3 is 1.64 bits per heavy atom. The zero-order valence-corrected chi connectivity index (χ0v) is 17.2. The Bertz CT molecular complexity index is 395. The number of rotatable bonds is 14. The van der Waals surface area contributed by atoms with Gasteiger partial charge >= 0.3 is 11.9 Å². The zero-order chi connectivity index (χ0) is 19.6. The molecule has 0 aliphatic carbocycles. The first kappa shape index (κ1) is 23.9. The second kappa shape index (κ2) is 11.5. The van der Waals surface area contributed by atoms with Gasteiger partial charge in [-0.2, -0.15) is 0 Å². The summed E-state index contributed by atoms with van der Waals surface area (Å²) in [6.45, 7) is 12.1. The molecule has 4 heteroatoms. The summed E-state index contributed by atoms with van der Waals surface area (Å²) in [5.74, 6) is -3.33. The SMILES string of the molecule is CCCCCCCC(C(C)CC)(C(C)CC)C(C(=O)O)C(C)C(=O)O. The number of hydrogen-bond donors (Lipinski definition) is 2. The summed E-state index contributed by atoms with van der Waals surface area (Å²) < 4.78 is 0. The first-order valence-electron chi connectivity index (χ1n) is 10.2. The highest BCUT2D eigenvalue weighted by atomic mass is 16.4. The average molecular weight is 357 g/mol. The molecule has 0 aromatic rings. The molecule has 0 aromatic heterocycles. The van der Waals surface area contributed by atoms with Crippen molar-refractivity contribution in [2.45, 2.75) is 92.9 Å². The van der Waals surface area contributed by atoms with E-state index in [1.807, 2.05) is 0 Å². The molecule has 148 valence electrons. The third-order valence-electron chi connectivity index (χ3n) is 6.51. The van der Waals surface area contributed by atoms with Crippen molar-refractivity contribution in [3.63, 3.8) is 0 Å². The van der Waals surface area contributed by atoms with Crippen LogP contribution in [-0.2, 0) is 9.59 Å². The smallest absolute Gasteiger partial charge is 0.307 e. The van der Waals surface area contributed by atoms with Gasteiger partial charge in [-0.1, -0.05) is 86.5 Å². The molecule has 4 unspecified atom stereocenters. The van der Waals surface area contributed by atoms with Gasteiger partial charge in [-0.05, 0) is 23.7 Å². The van der Waals surface area contributed by atoms with Gasteiger partial charge in [0, 0.05) is 0 Å². The third kappa shape index (κ3) is 6.00. The van der Waals surface area contributed by atoms with Crippen LogP contribution >= 0.6 is 0 Å². The van der Waals surface area contributed by atoms with Crippen molar-refractivity contribution in [3.8, 4) is 0 Å². The van der Waals surface area contributed by atoms with Crippen LogP contribution in [-0.4, -0.2) is 22.2 Å². The van der Waals surface area contributed by atoms with Crippen LogP contribution in [0.4, 0.5) is 0 Å². The van der Waals surface area contributed by atoms with Gasteiger partial charge in [0.1, 0.15) is 0 Å². The van der Waals surface area contributed by atoms with E-state index in [2.05, 4.69) is 34.6 Å². The Labute approximate surface area is 154 Å². The topological polar surface area (TPSA) is 74.6 Å². The Balaban J connectivity index is 5.86. The lowest BCUT2D eigenvalue weighted by molar-refractivity contribution is -0.165. The van der Waals surface area contributed by atoms with E-state index in [-0.39, 0.29) is 11.8 Å². The fourth-order valence-corrected chi connectivity index (χ4v) is 4.59. The number of hydrogen-bond acceptors (Lipinski definition) is 2. The van der Waals surface area contributed by atoms with Crippen molar-refractivity contribution in [2.75, 3.05) is 0 Å². The highest BCUT2D eigenvalue weighted by Gasteiger charge is 2.52. The first-order valence-corrected chi connectivity index (χ1v) is 10.2. The molecule has 4 nitrogen and oxygen atoms in total. The largest absolute Gasteiger partial charge is 0.481 e. The predicted octanol–water partition coefficient (Wildman–Crippen LogP) is 5.85. The average Bonchev–Trinajstić information content (AvgIpc) is 2.58. The van der Waals surface area contributed by atoms with Crippen LogP contribution in [0.1, 0.15) is 92.9 Å². The monoisotopic (exact) mass is 356 g/mol. The predicted molar refractivity (Wildman–Crippen MR) is 103 cm³/mol. The summed E-state index contributed by atoms with van der Waals surface area (Å²) in [6.07, 6.45) is 8.16. The van der Waals surface area contributed by atoms with Gasteiger partial charge in [0.05, 0.1) is 11.8 Å². The van der Waals surface area contributed by atoms with E-state index in [1.54, 1.807) is 6.92 Å². The van der Waals surface area contributed by atoms with Crippen LogP contribution in [0.2, 0.25) is 0 Å². The van der Waals surface area contributed by atoms with Gasteiger partial charge in [0.15, 0.2) is 0 Å². The number of aliphatic carboxylic acids is 2. The fourth-order valence-electron chi connectivity index (χ4n) is 4.59. The molecule has 0 aliphatic rings. The summed E-state index contributed by atoms with van der Waals surface area (Å²) in [7, 11) is 0. The van der Waals surface area contributed by atoms with Crippen molar-refractivity contribution >= 4 is 11.9 Å². The molecule has 0 radical (unpaired) electrons. The molecule has 0 spiro atoms. The van der Waals surface area contributed by atoms with Crippen LogP contribution in [0, 0.1) is 29.1 Å². The highest BCUT2D eigenvalue weighted by molar-refractivity contribution is 5.80. The molecule has 4 atom stereocenters. The maximum absolute atomic E-state index is 12.2. The number of carboxylic acids is 2. The van der Waals surface area contributed by atoms with Crippen molar-refractivity contribution in [3.05, 3.63) is 0 Å². The molecule has 25 heavy (non-hydrogen) atoms. The minimum absolute atomic E-state index is 0.177. The third-order valence-corrected chi connectivity index (χ3v) is 6.51. The van der Waals surface area contributed by atoms with Gasteiger partial charge in [-0.25, -0.2) is 0 Å². The number of carboxylic acid groups (broad SMARTS) is 2. The minimum Gasteiger partial charge on any atom is -0.481 e. The van der Waals surface area contributed by atoms with Gasteiger partial charge < -0.3 is 10.2 Å². The summed E-state index contributed by atoms with van der Waals surface area (Å²) in [5.41, 5.74) is -0.473. The van der Waals surface area contributed by atoms with Crippen LogP contribution < -0.4 is 0 Å². The van der Waals surface area contributed by atoms with Crippen molar-refractivity contribution in [1.82, 2.24) is 0 Å². The van der Waals surface area contributed by atoms with E-state index in [0.29, 0.717) is 0 Å². The molecular weight excluding hydrogens is 316 g/mol. The van der Waals surface area contributed by atoms with Gasteiger partial charge in [0.2, 0.25) is 0 Å². The van der Waals surface area contributed by atoms with E-state index in [4.69, 9.17) is 0 Å². The Morgan fingerprint density at radius 1 is 0.800 bits per heavy atom. The minimum atomic E-state index is -1.01. The molecule has 0 rings (SSSR count). The van der Waals surface area contributed by atoms with Crippen molar-refractivity contribution in [2.24, 2.45) is 29.1 Å². The lowest BCUT2D eigenvalue weighted by atomic mass is 9.54. The van der Waals surface area contributed by atoms with Gasteiger partial charge in [-0.3, -0.25) is 9.59 Å². The van der Waals surface area contributed by atoms with Crippen LogP contribution in [0.5, 0.6) is 0 Å². The van der Waals surface area contributed by atoms with E-state index in [1.165, 1.54) is 19.3 Å². The quantitative estimate of drug-likeness (QED) is 0.383. The number of unbranched alkanes of at least 4 members (excludes halogenated alkanes) is 4. The molecule has 0 heterocycles. The first-order chi connectivity index (χ1) is 11.7. The summed E-state index contributed by atoms with van der Waals surface area (Å²) >= 11 is 0. The number of carbonyl (C=O) groups is 2. The molecule has 0 saturated heterocycles. The maximum atomic E-state index is 12.2. The molecule has 0 bridgehead atoms. The maximum Gasteiger partial charge on any atom is 0.307 e. The fraction of sp³-hybridized carbons (Fsp3) is 0.905. The molecule has 0 fully saturated rings. The molecule has 0 aliphatic heterocycles. The molecule has 2 N–H and O–H groups in total. The van der Waals surface area contributed by atoms with Crippen molar-refractivity contribution < 1.29 is 19.8 Å². The Morgan fingerprint density at radius 2 is 1.28 bits per heavy atom. The lowest BCUT2D eigenvalue weighted by Gasteiger charge is -2.49. The zero-order valence-electron chi connectivity index (χ0n) is 17.2. The van der Waals surface area contributed by atoms with Crippen LogP contribution in [0.3, 0.4) is 0 Å². The Hall–Kier alpha value is -1.06. The second-order valence-corrected chi connectivity index (χ2v) is 7.84. The normalized spacial score (nSPS) is 18.8. The van der Waals surface area contributed by atoms with Gasteiger partial charge in [-0.15, -0.1) is 0 Å². The molecule has 0 amide bonds. The summed E-state index contributed by atoms with van der Waals surface area (Å²) in [4.78, 5) is 23.9. The second-order valence-electron chi connectivity index (χ2n) is 7.84. The summed E-state index contributed by atoms with van der Waals surface area (Å²) in [5, 5.41) is 19.5. The van der Waals surface area contributed by atoms with E-state index >= 15 is 0 Å². The molecular formula is C21H40O4. The molecule has 0 aromatic carbocycles. The van der Waals surface area contributed by atoms with Gasteiger partial charge in [0.25, 0.3) is 0 Å². The summed E-state index contributed by atoms with van der Waals surface area (Å²) in [6, 6.07) is 0. The van der Waals surface area contributed by atoms with E-state index in [0.717, 1.165) is 32.1 Å². The van der Waals surface area contributed by atoms with E-state index < -0.39 is 29.2 Å². The Kier molecular flexibility index (Phi) is 11.0. The van der Waals surface area contributed by atoms with Crippen LogP contribution in [0.25, 0.3) is 0 Å². The lowest BCUT2D eigenvalue weighted by Crippen LogP contribution is -2.50. The van der Waals surface area contributed by atoms with Crippen molar-refractivity contribution in [1.29, 1.82) is 0 Å². The van der Waals surface area contributed by atoms with Crippen LogP contribution in [0.15, 0.2) is 0 Å². The standard InChI is InChI=1S/C21H40O4/c1-7-10-11-12-13-14-21(15(4)8-2,16(5)9-3)18(20(24)25)17(6)19(22)23/h15-18H,7-14H2,1-6H3,(H,22,23)(H,24,25). The molecule has 0 saturated carbocycles. The highest BCUT2D eigenvalue weighted by Crippen LogP contribution is 2.52.